The third kappa shape index (κ3) is 4.93. The molecular formula is C29H30N4O4S. The number of Topliss-reactive ketones (excluding diaryl/α,β-unsaturated/α-hetero) is 1. The number of carbonyl (C=O) groups excluding carboxylic acids is 1. The number of sulfonamides is 1. The normalized spacial score (nSPS) is 14.7. The summed E-state index contributed by atoms with van der Waals surface area (Å²) in [7, 11) is -2.28. The molecule has 2 aromatic carbocycles. The van der Waals surface area contributed by atoms with Crippen LogP contribution in [0.2, 0.25) is 0 Å². The summed E-state index contributed by atoms with van der Waals surface area (Å²) >= 11 is 0. The number of aryl methyl sites for hydroxylation is 2. The lowest BCUT2D eigenvalue weighted by Crippen LogP contribution is -2.27. The van der Waals surface area contributed by atoms with E-state index in [-0.39, 0.29) is 22.0 Å². The van der Waals surface area contributed by atoms with Gasteiger partial charge >= 0.3 is 0 Å². The van der Waals surface area contributed by atoms with E-state index in [1.54, 1.807) is 51.3 Å². The van der Waals surface area contributed by atoms with E-state index in [4.69, 9.17) is 4.74 Å². The maximum Gasteiger partial charge on any atom is 0.264 e. The van der Waals surface area contributed by atoms with E-state index in [9.17, 15) is 13.2 Å². The minimum atomic E-state index is -3.90. The highest BCUT2D eigenvalue weighted by atomic mass is 32.2. The van der Waals surface area contributed by atoms with E-state index in [1.807, 2.05) is 30.3 Å². The van der Waals surface area contributed by atoms with Gasteiger partial charge in [-0.3, -0.25) is 4.79 Å². The van der Waals surface area contributed by atoms with Crippen LogP contribution in [-0.4, -0.2) is 35.8 Å². The maximum atomic E-state index is 13.1. The molecule has 5 rings (SSSR count). The molecule has 0 saturated heterocycles. The van der Waals surface area contributed by atoms with E-state index in [0.717, 1.165) is 34.8 Å². The monoisotopic (exact) mass is 530 g/mol. The smallest absolute Gasteiger partial charge is 0.264 e. The summed E-state index contributed by atoms with van der Waals surface area (Å²) in [4.78, 5) is 21.6. The molecule has 0 amide bonds. The van der Waals surface area contributed by atoms with Crippen molar-refractivity contribution in [2.45, 2.75) is 45.4 Å². The van der Waals surface area contributed by atoms with Crippen LogP contribution in [-0.2, 0) is 16.4 Å². The number of aromatic nitrogens is 3. The summed E-state index contributed by atoms with van der Waals surface area (Å²) < 4.78 is 36.0. The van der Waals surface area contributed by atoms with Crippen molar-refractivity contribution in [1.82, 2.24) is 14.5 Å². The second kappa shape index (κ2) is 9.40. The van der Waals surface area contributed by atoms with Gasteiger partial charge in [0.1, 0.15) is 5.75 Å². The molecule has 1 N–H and O–H groups in total. The number of nitrogens with one attached hydrogen (secondary N) is 1. The molecule has 0 aliphatic heterocycles. The summed E-state index contributed by atoms with van der Waals surface area (Å²) in [6, 6.07) is 18.0. The molecule has 8 nitrogen and oxygen atoms in total. The Kier molecular flexibility index (Phi) is 6.35. The standard InChI is InChI=1S/C29H30N4O4S/c1-18-14-19(2)31-28(30-18)32-38(35,36)23-12-8-21(9-13-23)33-25(20-6-10-22(37-5)11-7-20)15-24-26(33)16-29(3,4)17-27(24)34/h6-15H,16-17H2,1-5H3,(H,30,31,32). The van der Waals surface area contributed by atoms with Crippen molar-refractivity contribution in [3.05, 3.63) is 83.3 Å². The fourth-order valence-corrected chi connectivity index (χ4v) is 5.95. The Hall–Kier alpha value is -3.98. The Balaban J connectivity index is 1.57. The van der Waals surface area contributed by atoms with E-state index in [0.29, 0.717) is 23.4 Å². The molecule has 0 spiro atoms. The molecule has 0 radical (unpaired) electrons. The van der Waals surface area contributed by atoms with Crippen LogP contribution < -0.4 is 9.46 Å². The van der Waals surface area contributed by atoms with E-state index >= 15 is 0 Å². The van der Waals surface area contributed by atoms with Gasteiger partial charge in [-0.25, -0.2) is 23.1 Å². The Bertz CT molecular complexity index is 1620. The summed E-state index contributed by atoms with van der Waals surface area (Å²) in [5, 5.41) is 0. The number of benzene rings is 2. The summed E-state index contributed by atoms with van der Waals surface area (Å²) in [5.41, 5.74) is 5.35. The van der Waals surface area contributed by atoms with E-state index < -0.39 is 10.0 Å². The van der Waals surface area contributed by atoms with Crippen LogP contribution >= 0.6 is 0 Å². The van der Waals surface area contributed by atoms with Crippen molar-refractivity contribution in [2.24, 2.45) is 5.41 Å². The van der Waals surface area contributed by atoms with Gasteiger partial charge in [-0.05, 0) is 91.9 Å². The zero-order valence-electron chi connectivity index (χ0n) is 22.1. The molecular weight excluding hydrogens is 500 g/mol. The lowest BCUT2D eigenvalue weighted by molar-refractivity contribution is 0.0911. The van der Waals surface area contributed by atoms with Gasteiger partial charge in [0.25, 0.3) is 10.0 Å². The number of carbonyl (C=O) groups is 1. The van der Waals surface area contributed by atoms with Crippen LogP contribution in [0.25, 0.3) is 16.9 Å². The van der Waals surface area contributed by atoms with Gasteiger partial charge in [0.15, 0.2) is 5.78 Å². The molecule has 1 aliphatic rings. The third-order valence-corrected chi connectivity index (χ3v) is 8.03. The zero-order valence-corrected chi connectivity index (χ0v) is 22.9. The van der Waals surface area contributed by atoms with Gasteiger partial charge in [-0.15, -0.1) is 0 Å². The fraction of sp³-hybridized carbons (Fsp3) is 0.276. The van der Waals surface area contributed by atoms with Gasteiger partial charge < -0.3 is 9.30 Å². The molecule has 2 heterocycles. The number of fused-ring (bicyclic) bond motifs is 1. The second-order valence-corrected chi connectivity index (χ2v) is 12.2. The molecule has 0 saturated carbocycles. The highest BCUT2D eigenvalue weighted by Gasteiger charge is 2.35. The van der Waals surface area contributed by atoms with Crippen LogP contribution in [0.1, 0.15) is 47.7 Å². The molecule has 4 aromatic rings. The first-order valence-electron chi connectivity index (χ1n) is 12.3. The average molecular weight is 531 g/mol. The quantitative estimate of drug-likeness (QED) is 0.352. The second-order valence-electron chi connectivity index (χ2n) is 10.5. The SMILES string of the molecule is COc1ccc(-c2cc3c(n2-c2ccc(S(=O)(=O)Nc4nc(C)cc(C)n4)cc2)CC(C)(C)CC3=O)cc1. The zero-order chi connectivity index (χ0) is 27.2. The first-order valence-corrected chi connectivity index (χ1v) is 13.8. The van der Waals surface area contributed by atoms with Crippen LogP contribution in [0, 0.1) is 19.3 Å². The Morgan fingerprint density at radius 3 is 2.16 bits per heavy atom. The van der Waals surface area contributed by atoms with Gasteiger partial charge in [0.2, 0.25) is 5.95 Å². The molecule has 0 unspecified atom stereocenters. The number of methoxy groups -OCH3 is 1. The number of ether oxygens (including phenoxy) is 1. The van der Waals surface area contributed by atoms with Crippen molar-refractivity contribution < 1.29 is 17.9 Å². The average Bonchev–Trinajstić information content (AvgIpc) is 3.22. The van der Waals surface area contributed by atoms with Crippen molar-refractivity contribution in [1.29, 1.82) is 0 Å². The highest BCUT2D eigenvalue weighted by molar-refractivity contribution is 7.92. The summed E-state index contributed by atoms with van der Waals surface area (Å²) in [5.74, 6) is 0.888. The molecule has 9 heteroatoms. The lowest BCUT2D eigenvalue weighted by atomic mass is 9.76. The number of hydrogen-bond acceptors (Lipinski definition) is 6. The Labute approximate surface area is 222 Å². The number of nitrogens with zero attached hydrogens (tertiary/aromatic N) is 3. The van der Waals surface area contributed by atoms with Crippen LogP contribution in [0.15, 0.2) is 65.6 Å². The maximum absolute atomic E-state index is 13.1. The molecule has 2 aromatic heterocycles. The number of rotatable bonds is 6. The number of anilines is 1. The largest absolute Gasteiger partial charge is 0.497 e. The van der Waals surface area contributed by atoms with Gasteiger partial charge in [-0.1, -0.05) is 13.8 Å². The molecule has 196 valence electrons. The van der Waals surface area contributed by atoms with E-state index in [2.05, 4.69) is 33.1 Å². The lowest BCUT2D eigenvalue weighted by Gasteiger charge is -2.30. The first-order chi connectivity index (χ1) is 18.0. The molecule has 0 atom stereocenters. The highest BCUT2D eigenvalue weighted by Crippen LogP contribution is 2.40. The predicted molar refractivity (Wildman–Crippen MR) is 147 cm³/mol. The minimum Gasteiger partial charge on any atom is -0.497 e. The number of ketones is 1. The fourth-order valence-electron chi connectivity index (χ4n) is 5.01. The third-order valence-electron chi connectivity index (χ3n) is 6.69. The predicted octanol–water partition coefficient (Wildman–Crippen LogP) is 5.52. The van der Waals surface area contributed by atoms with Crippen LogP contribution in [0.5, 0.6) is 5.75 Å². The van der Waals surface area contributed by atoms with Crippen LogP contribution in [0.4, 0.5) is 5.95 Å². The van der Waals surface area contributed by atoms with Crippen molar-refractivity contribution in [2.75, 3.05) is 11.8 Å². The van der Waals surface area contributed by atoms with Crippen molar-refractivity contribution in [3.63, 3.8) is 0 Å². The van der Waals surface area contributed by atoms with E-state index in [1.165, 1.54) is 0 Å². The topological polar surface area (TPSA) is 103 Å². The van der Waals surface area contributed by atoms with Crippen LogP contribution in [0.3, 0.4) is 0 Å². The van der Waals surface area contributed by atoms with Gasteiger partial charge in [-0.2, -0.15) is 0 Å². The number of hydrogen-bond donors (Lipinski definition) is 1. The molecule has 38 heavy (non-hydrogen) atoms. The van der Waals surface area contributed by atoms with Crippen molar-refractivity contribution in [3.8, 4) is 22.7 Å². The summed E-state index contributed by atoms with van der Waals surface area (Å²) in [6.07, 6.45) is 1.20. The molecule has 1 aliphatic carbocycles. The minimum absolute atomic E-state index is 0.0357. The van der Waals surface area contributed by atoms with Crippen molar-refractivity contribution >= 4 is 21.8 Å². The first kappa shape index (κ1) is 25.7. The van der Waals surface area contributed by atoms with Gasteiger partial charge in [0.05, 0.1) is 17.7 Å². The molecule has 0 fully saturated rings. The van der Waals surface area contributed by atoms with Gasteiger partial charge in [0, 0.05) is 34.8 Å². The molecule has 0 bridgehead atoms. The Morgan fingerprint density at radius 1 is 0.921 bits per heavy atom. The summed E-state index contributed by atoms with van der Waals surface area (Å²) in [6.45, 7) is 7.75. The Morgan fingerprint density at radius 2 is 1.55 bits per heavy atom.